The van der Waals surface area contributed by atoms with Gasteiger partial charge in [0.05, 0.1) is 18.0 Å². The van der Waals surface area contributed by atoms with Crippen LogP contribution in [0.15, 0.2) is 53.7 Å². The maximum absolute atomic E-state index is 12.9. The van der Waals surface area contributed by atoms with Crippen molar-refractivity contribution >= 4 is 11.0 Å². The topological polar surface area (TPSA) is 68.0 Å². The van der Waals surface area contributed by atoms with E-state index in [1.165, 1.54) is 35.2 Å². The van der Waals surface area contributed by atoms with Crippen molar-refractivity contribution in [3.05, 3.63) is 70.7 Å². The Morgan fingerprint density at radius 2 is 1.95 bits per heavy atom. The molecule has 0 bridgehead atoms. The summed E-state index contributed by atoms with van der Waals surface area (Å²) in [6.07, 6.45) is 2.00. The van der Waals surface area contributed by atoms with Crippen molar-refractivity contribution < 1.29 is 9.50 Å². The standard InChI is InChI=1S/C15H12FN3O2/c16-11-5-3-10(4-6-11)13(20)8-19-9-18-14-12(15(19)21)2-1-7-17-14/h1-7,9,13,20H,8H2. The van der Waals surface area contributed by atoms with Crippen LogP contribution in [0.2, 0.25) is 0 Å². The normalized spacial score (nSPS) is 12.5. The number of nitrogens with zero attached hydrogens (tertiary/aromatic N) is 3. The number of benzene rings is 1. The molecule has 3 aromatic rings. The highest BCUT2D eigenvalue weighted by Gasteiger charge is 2.11. The summed E-state index contributed by atoms with van der Waals surface area (Å²) in [6, 6.07) is 8.81. The number of hydrogen-bond donors (Lipinski definition) is 1. The molecule has 1 aromatic carbocycles. The van der Waals surface area contributed by atoms with Gasteiger partial charge in [-0.1, -0.05) is 12.1 Å². The minimum Gasteiger partial charge on any atom is -0.387 e. The molecule has 0 radical (unpaired) electrons. The smallest absolute Gasteiger partial charge is 0.262 e. The Morgan fingerprint density at radius 1 is 1.19 bits per heavy atom. The first-order chi connectivity index (χ1) is 10.1. The maximum Gasteiger partial charge on any atom is 0.262 e. The van der Waals surface area contributed by atoms with Crippen LogP contribution in [-0.2, 0) is 6.54 Å². The fraction of sp³-hybridized carbons (Fsp3) is 0.133. The molecule has 2 aromatic heterocycles. The summed E-state index contributed by atoms with van der Waals surface area (Å²) in [7, 11) is 0. The van der Waals surface area contributed by atoms with E-state index in [2.05, 4.69) is 9.97 Å². The molecule has 0 aliphatic heterocycles. The van der Waals surface area contributed by atoms with E-state index in [1.807, 2.05) is 0 Å². The molecule has 1 N–H and O–H groups in total. The second-order valence-electron chi connectivity index (χ2n) is 4.64. The number of pyridine rings is 1. The number of aromatic nitrogens is 3. The Labute approximate surface area is 119 Å². The highest BCUT2D eigenvalue weighted by atomic mass is 19.1. The molecule has 3 rings (SSSR count). The molecule has 106 valence electrons. The number of hydrogen-bond acceptors (Lipinski definition) is 4. The lowest BCUT2D eigenvalue weighted by Gasteiger charge is -2.13. The van der Waals surface area contributed by atoms with Crippen molar-refractivity contribution in [1.29, 1.82) is 0 Å². The molecule has 0 fully saturated rings. The zero-order valence-corrected chi connectivity index (χ0v) is 11.0. The van der Waals surface area contributed by atoms with Crippen LogP contribution in [-0.4, -0.2) is 19.6 Å². The number of aliphatic hydroxyl groups excluding tert-OH is 1. The lowest BCUT2D eigenvalue weighted by atomic mass is 10.1. The van der Waals surface area contributed by atoms with E-state index in [0.717, 1.165) is 0 Å². The molecule has 1 atom stereocenters. The van der Waals surface area contributed by atoms with Gasteiger partial charge in [0, 0.05) is 6.20 Å². The van der Waals surface area contributed by atoms with Crippen LogP contribution in [0.25, 0.3) is 11.0 Å². The summed E-state index contributed by atoms with van der Waals surface area (Å²) in [5, 5.41) is 10.5. The Bertz CT molecular complexity index is 830. The quantitative estimate of drug-likeness (QED) is 0.794. The Hall–Kier alpha value is -2.60. The third-order valence-corrected chi connectivity index (χ3v) is 3.22. The van der Waals surface area contributed by atoms with Crippen LogP contribution < -0.4 is 5.56 Å². The zero-order valence-electron chi connectivity index (χ0n) is 11.0. The van der Waals surface area contributed by atoms with Crippen molar-refractivity contribution in [2.45, 2.75) is 12.6 Å². The van der Waals surface area contributed by atoms with E-state index < -0.39 is 6.10 Å². The first-order valence-corrected chi connectivity index (χ1v) is 6.39. The van der Waals surface area contributed by atoms with Crippen molar-refractivity contribution in [2.24, 2.45) is 0 Å². The molecule has 0 amide bonds. The van der Waals surface area contributed by atoms with E-state index in [-0.39, 0.29) is 17.9 Å². The molecular formula is C15H12FN3O2. The maximum atomic E-state index is 12.9. The van der Waals surface area contributed by atoms with Crippen LogP contribution >= 0.6 is 0 Å². The Balaban J connectivity index is 1.93. The van der Waals surface area contributed by atoms with Gasteiger partial charge in [-0.3, -0.25) is 9.36 Å². The summed E-state index contributed by atoms with van der Waals surface area (Å²) in [5.74, 6) is -0.374. The molecule has 2 heterocycles. The van der Waals surface area contributed by atoms with E-state index in [4.69, 9.17) is 0 Å². The highest BCUT2D eigenvalue weighted by Crippen LogP contribution is 2.15. The summed E-state index contributed by atoms with van der Waals surface area (Å²) in [4.78, 5) is 20.3. The predicted molar refractivity (Wildman–Crippen MR) is 75.2 cm³/mol. The second-order valence-corrected chi connectivity index (χ2v) is 4.64. The third kappa shape index (κ3) is 2.66. The summed E-state index contributed by atoms with van der Waals surface area (Å²) in [5.41, 5.74) is 0.638. The Kier molecular flexibility index (Phi) is 3.45. The molecule has 21 heavy (non-hydrogen) atoms. The molecule has 0 saturated heterocycles. The van der Waals surface area contributed by atoms with Crippen LogP contribution in [0.1, 0.15) is 11.7 Å². The number of fused-ring (bicyclic) bond motifs is 1. The van der Waals surface area contributed by atoms with Crippen LogP contribution in [0.5, 0.6) is 0 Å². The highest BCUT2D eigenvalue weighted by molar-refractivity contribution is 5.72. The van der Waals surface area contributed by atoms with Gasteiger partial charge in [-0.25, -0.2) is 14.4 Å². The van der Waals surface area contributed by atoms with E-state index in [1.54, 1.807) is 18.3 Å². The van der Waals surface area contributed by atoms with E-state index >= 15 is 0 Å². The molecule has 1 unspecified atom stereocenters. The second kappa shape index (κ2) is 5.41. The van der Waals surface area contributed by atoms with Gasteiger partial charge < -0.3 is 5.11 Å². The van der Waals surface area contributed by atoms with Crippen LogP contribution in [0.4, 0.5) is 4.39 Å². The summed E-state index contributed by atoms with van der Waals surface area (Å²) in [6.45, 7) is 0.0439. The number of aliphatic hydroxyl groups is 1. The number of halogens is 1. The van der Waals surface area contributed by atoms with Crippen molar-refractivity contribution in [3.8, 4) is 0 Å². The molecular weight excluding hydrogens is 273 g/mol. The fourth-order valence-corrected chi connectivity index (χ4v) is 2.11. The lowest BCUT2D eigenvalue weighted by Crippen LogP contribution is -2.24. The zero-order chi connectivity index (χ0) is 14.8. The lowest BCUT2D eigenvalue weighted by molar-refractivity contribution is 0.155. The molecule has 5 nitrogen and oxygen atoms in total. The van der Waals surface area contributed by atoms with Crippen molar-refractivity contribution in [2.75, 3.05) is 0 Å². The van der Waals surface area contributed by atoms with E-state index in [9.17, 15) is 14.3 Å². The minimum atomic E-state index is -0.917. The van der Waals surface area contributed by atoms with Crippen LogP contribution in [0.3, 0.4) is 0 Å². The van der Waals surface area contributed by atoms with Gasteiger partial charge in [0.25, 0.3) is 5.56 Å². The van der Waals surface area contributed by atoms with Crippen molar-refractivity contribution in [1.82, 2.24) is 14.5 Å². The largest absolute Gasteiger partial charge is 0.387 e. The molecule has 6 heteroatoms. The number of rotatable bonds is 3. The molecule has 0 saturated carbocycles. The van der Waals surface area contributed by atoms with Gasteiger partial charge in [0.15, 0.2) is 5.65 Å². The molecule has 0 aliphatic rings. The fourth-order valence-electron chi connectivity index (χ4n) is 2.11. The first kappa shape index (κ1) is 13.4. The predicted octanol–water partition coefficient (Wildman–Crippen LogP) is 1.66. The summed E-state index contributed by atoms with van der Waals surface area (Å²) < 4.78 is 14.2. The van der Waals surface area contributed by atoms with E-state index in [0.29, 0.717) is 16.6 Å². The SMILES string of the molecule is O=c1c2cccnc2ncn1CC(O)c1ccc(F)cc1. The molecule has 0 aliphatic carbocycles. The van der Waals surface area contributed by atoms with Gasteiger partial charge in [0.1, 0.15) is 12.1 Å². The van der Waals surface area contributed by atoms with Gasteiger partial charge >= 0.3 is 0 Å². The van der Waals surface area contributed by atoms with Gasteiger partial charge in [-0.05, 0) is 29.8 Å². The van der Waals surface area contributed by atoms with Crippen LogP contribution in [0, 0.1) is 5.82 Å². The van der Waals surface area contributed by atoms with Crippen molar-refractivity contribution in [3.63, 3.8) is 0 Å². The molecule has 0 spiro atoms. The van der Waals surface area contributed by atoms with Gasteiger partial charge in [-0.2, -0.15) is 0 Å². The average molecular weight is 285 g/mol. The third-order valence-electron chi connectivity index (χ3n) is 3.22. The van der Waals surface area contributed by atoms with Gasteiger partial charge in [0.2, 0.25) is 0 Å². The monoisotopic (exact) mass is 285 g/mol. The Morgan fingerprint density at radius 3 is 2.71 bits per heavy atom. The first-order valence-electron chi connectivity index (χ1n) is 6.39. The summed E-state index contributed by atoms with van der Waals surface area (Å²) >= 11 is 0. The average Bonchev–Trinajstić information content (AvgIpc) is 2.51. The van der Waals surface area contributed by atoms with Gasteiger partial charge in [-0.15, -0.1) is 0 Å². The minimum absolute atomic E-state index is 0.0439.